The summed E-state index contributed by atoms with van der Waals surface area (Å²) in [5.74, 6) is 0.384. The normalized spacial score (nSPS) is 21.9. The van der Waals surface area contributed by atoms with E-state index in [-0.39, 0.29) is 11.9 Å². The molecule has 0 unspecified atom stereocenters. The van der Waals surface area contributed by atoms with Crippen molar-refractivity contribution in [1.82, 2.24) is 0 Å². The number of ether oxygens (including phenoxy) is 1. The van der Waals surface area contributed by atoms with Crippen LogP contribution in [-0.4, -0.2) is 12.6 Å². The van der Waals surface area contributed by atoms with Crippen LogP contribution >= 0.6 is 0 Å². The molecule has 0 saturated heterocycles. The molecule has 110 valence electrons. The highest BCUT2D eigenvalue weighted by atomic mass is 16.5. The maximum absolute atomic E-state index is 11.9. The summed E-state index contributed by atoms with van der Waals surface area (Å²) in [7, 11) is 0. The third kappa shape index (κ3) is 4.45. The van der Waals surface area contributed by atoms with Gasteiger partial charge in [-0.15, -0.1) is 0 Å². The van der Waals surface area contributed by atoms with Gasteiger partial charge >= 0.3 is 5.97 Å². The minimum absolute atomic E-state index is 0.200. The van der Waals surface area contributed by atoms with Gasteiger partial charge in [0.15, 0.2) is 0 Å². The first-order chi connectivity index (χ1) is 10.2. The standard InChI is InChI=1S/C19H22O2/c1-3-21-19(20)18-11-7-8-15(2)17(14-18)13-12-16-9-5-4-6-10-16/h4-10,12-15,17H,3,11H2,1-2H3/b13-12+/t15-,17-/m0/s1. The van der Waals surface area contributed by atoms with Crippen LogP contribution in [0.4, 0.5) is 0 Å². The molecule has 21 heavy (non-hydrogen) atoms. The van der Waals surface area contributed by atoms with E-state index in [1.165, 1.54) is 5.56 Å². The highest BCUT2D eigenvalue weighted by Crippen LogP contribution is 2.25. The van der Waals surface area contributed by atoms with E-state index in [2.05, 4.69) is 43.4 Å². The van der Waals surface area contributed by atoms with Gasteiger partial charge in [-0.3, -0.25) is 0 Å². The minimum Gasteiger partial charge on any atom is -0.463 e. The fourth-order valence-corrected chi connectivity index (χ4v) is 2.38. The van der Waals surface area contributed by atoms with Crippen LogP contribution in [0.3, 0.4) is 0 Å². The van der Waals surface area contributed by atoms with E-state index in [9.17, 15) is 4.79 Å². The Kier molecular flexibility index (Phi) is 5.56. The van der Waals surface area contributed by atoms with Crippen molar-refractivity contribution in [2.24, 2.45) is 11.8 Å². The van der Waals surface area contributed by atoms with Gasteiger partial charge in [0.25, 0.3) is 0 Å². The number of rotatable bonds is 4. The summed E-state index contributed by atoms with van der Waals surface area (Å²) in [5.41, 5.74) is 1.92. The Morgan fingerprint density at radius 1 is 1.33 bits per heavy atom. The van der Waals surface area contributed by atoms with E-state index in [1.807, 2.05) is 31.2 Å². The molecule has 0 bridgehead atoms. The third-order valence-electron chi connectivity index (χ3n) is 3.63. The first-order valence-corrected chi connectivity index (χ1v) is 7.48. The van der Waals surface area contributed by atoms with Crippen LogP contribution < -0.4 is 0 Å². The molecule has 0 aromatic heterocycles. The van der Waals surface area contributed by atoms with Crippen molar-refractivity contribution >= 4 is 12.0 Å². The highest BCUT2D eigenvalue weighted by molar-refractivity contribution is 5.89. The molecule has 0 radical (unpaired) electrons. The van der Waals surface area contributed by atoms with Gasteiger partial charge in [0, 0.05) is 11.5 Å². The summed E-state index contributed by atoms with van der Waals surface area (Å²) < 4.78 is 5.12. The van der Waals surface area contributed by atoms with Crippen molar-refractivity contribution in [1.29, 1.82) is 0 Å². The predicted molar refractivity (Wildman–Crippen MR) is 86.6 cm³/mol. The zero-order valence-electron chi connectivity index (χ0n) is 12.7. The molecule has 2 atom stereocenters. The number of hydrogen-bond donors (Lipinski definition) is 0. The zero-order valence-corrected chi connectivity index (χ0v) is 12.7. The fraction of sp³-hybridized carbons (Fsp3) is 0.316. The maximum Gasteiger partial charge on any atom is 0.334 e. The lowest BCUT2D eigenvalue weighted by atomic mass is 9.92. The molecule has 0 heterocycles. The second kappa shape index (κ2) is 7.63. The first-order valence-electron chi connectivity index (χ1n) is 7.48. The molecular formula is C19H22O2. The maximum atomic E-state index is 11.9. The molecule has 0 N–H and O–H groups in total. The molecular weight excluding hydrogens is 260 g/mol. The monoisotopic (exact) mass is 282 g/mol. The van der Waals surface area contributed by atoms with Crippen LogP contribution in [0.5, 0.6) is 0 Å². The van der Waals surface area contributed by atoms with Crippen LogP contribution in [-0.2, 0) is 9.53 Å². The van der Waals surface area contributed by atoms with Crippen LogP contribution in [0.15, 0.2) is 60.2 Å². The van der Waals surface area contributed by atoms with Gasteiger partial charge < -0.3 is 4.74 Å². The summed E-state index contributed by atoms with van der Waals surface area (Å²) in [6.45, 7) is 4.42. The van der Waals surface area contributed by atoms with Gasteiger partial charge in [-0.05, 0) is 24.8 Å². The van der Waals surface area contributed by atoms with Gasteiger partial charge in [-0.1, -0.05) is 67.6 Å². The average molecular weight is 282 g/mol. The number of carbonyl (C=O) groups excluding carboxylic acids is 1. The molecule has 2 nitrogen and oxygen atoms in total. The summed E-state index contributed by atoms with van der Waals surface area (Å²) in [4.78, 5) is 11.9. The molecule has 1 aliphatic carbocycles. The Labute approximate surface area is 126 Å². The molecule has 1 aliphatic rings. The Morgan fingerprint density at radius 2 is 2.10 bits per heavy atom. The van der Waals surface area contributed by atoms with Crippen LogP contribution in [0.2, 0.25) is 0 Å². The lowest BCUT2D eigenvalue weighted by Gasteiger charge is -2.13. The number of carbonyl (C=O) groups is 1. The first kappa shape index (κ1) is 15.3. The lowest BCUT2D eigenvalue weighted by Crippen LogP contribution is -2.09. The molecule has 0 aliphatic heterocycles. The largest absolute Gasteiger partial charge is 0.463 e. The third-order valence-corrected chi connectivity index (χ3v) is 3.63. The van der Waals surface area contributed by atoms with Crippen LogP contribution in [0, 0.1) is 11.8 Å². The summed E-state index contributed by atoms with van der Waals surface area (Å²) in [5, 5.41) is 0. The van der Waals surface area contributed by atoms with Gasteiger partial charge in [-0.25, -0.2) is 4.79 Å². The van der Waals surface area contributed by atoms with E-state index >= 15 is 0 Å². The topological polar surface area (TPSA) is 26.3 Å². The summed E-state index contributed by atoms with van der Waals surface area (Å²) >= 11 is 0. The fourth-order valence-electron chi connectivity index (χ4n) is 2.38. The summed E-state index contributed by atoms with van der Waals surface area (Å²) in [6.07, 6.45) is 11.2. The Morgan fingerprint density at radius 3 is 2.81 bits per heavy atom. The molecule has 1 aromatic carbocycles. The molecule has 0 spiro atoms. The molecule has 0 saturated carbocycles. The zero-order chi connectivity index (χ0) is 15.1. The molecule has 0 fully saturated rings. The predicted octanol–water partition coefficient (Wildman–Crippen LogP) is 4.40. The van der Waals surface area contributed by atoms with Crippen LogP contribution in [0.25, 0.3) is 6.08 Å². The Bertz CT molecular complexity index is 552. The van der Waals surface area contributed by atoms with E-state index in [4.69, 9.17) is 4.74 Å². The van der Waals surface area contributed by atoms with Crippen molar-refractivity contribution in [3.8, 4) is 0 Å². The van der Waals surface area contributed by atoms with Crippen molar-refractivity contribution in [3.63, 3.8) is 0 Å². The van der Waals surface area contributed by atoms with Gasteiger partial charge in [0.2, 0.25) is 0 Å². The number of esters is 1. The average Bonchev–Trinajstić information content (AvgIpc) is 2.68. The van der Waals surface area contributed by atoms with Crippen molar-refractivity contribution < 1.29 is 9.53 Å². The van der Waals surface area contributed by atoms with E-state index in [0.717, 1.165) is 5.57 Å². The highest BCUT2D eigenvalue weighted by Gasteiger charge is 2.17. The SMILES string of the molecule is CCOC(=O)C1=C[C@H](/C=C/c2ccccc2)[C@@H](C)C=CC1. The van der Waals surface area contributed by atoms with Crippen molar-refractivity contribution in [2.45, 2.75) is 20.3 Å². The van der Waals surface area contributed by atoms with Gasteiger partial charge in [-0.2, -0.15) is 0 Å². The number of hydrogen-bond acceptors (Lipinski definition) is 2. The molecule has 2 heteroatoms. The second-order valence-corrected chi connectivity index (χ2v) is 5.25. The molecule has 1 aromatic rings. The van der Waals surface area contributed by atoms with Crippen LogP contribution in [0.1, 0.15) is 25.8 Å². The second-order valence-electron chi connectivity index (χ2n) is 5.25. The van der Waals surface area contributed by atoms with E-state index in [1.54, 1.807) is 0 Å². The molecule has 0 amide bonds. The smallest absolute Gasteiger partial charge is 0.334 e. The lowest BCUT2D eigenvalue weighted by molar-refractivity contribution is -0.138. The van der Waals surface area contributed by atoms with Gasteiger partial charge in [0.05, 0.1) is 6.61 Å². The molecule has 2 rings (SSSR count). The number of allylic oxidation sites excluding steroid dienone is 4. The Hall–Kier alpha value is -2.09. The van der Waals surface area contributed by atoms with E-state index < -0.39 is 0 Å². The number of benzene rings is 1. The van der Waals surface area contributed by atoms with Gasteiger partial charge in [0.1, 0.15) is 0 Å². The minimum atomic E-state index is -0.200. The van der Waals surface area contributed by atoms with Crippen molar-refractivity contribution in [2.75, 3.05) is 6.61 Å². The quantitative estimate of drug-likeness (QED) is 0.604. The Balaban J connectivity index is 2.18. The van der Waals surface area contributed by atoms with E-state index in [0.29, 0.717) is 18.9 Å². The van der Waals surface area contributed by atoms with Crippen molar-refractivity contribution in [3.05, 3.63) is 65.8 Å². The summed E-state index contributed by atoms with van der Waals surface area (Å²) in [6, 6.07) is 10.2.